The number of hydrogen-bond acceptors (Lipinski definition) is 30. The summed E-state index contributed by atoms with van der Waals surface area (Å²) in [7, 11) is -14.7. The molecule has 3 aliphatic heterocycles. The predicted octanol–water partition coefficient (Wildman–Crippen LogP) is -7.00. The Morgan fingerprint density at radius 2 is 0.540 bits per heavy atom. The molecule has 15 atom stereocenters. The van der Waals surface area contributed by atoms with Crippen molar-refractivity contribution in [2.24, 2.45) is 5.92 Å². The van der Waals surface area contributed by atoms with E-state index in [4.69, 9.17) is 72.0 Å². The second-order valence-corrected chi connectivity index (χ2v) is 27.1. The summed E-state index contributed by atoms with van der Waals surface area (Å²) in [6.07, 6.45) is -20.5. The van der Waals surface area contributed by atoms with Crippen molar-refractivity contribution in [2.75, 3.05) is 119 Å². The summed E-state index contributed by atoms with van der Waals surface area (Å²) >= 11 is 0. The summed E-state index contributed by atoms with van der Waals surface area (Å²) in [4.78, 5) is 128. The fourth-order valence-corrected chi connectivity index (χ4v) is 10.4. The molecule has 3 aliphatic rings. The van der Waals surface area contributed by atoms with Crippen LogP contribution in [0.3, 0.4) is 0 Å². The minimum atomic E-state index is -4.92. The highest BCUT2D eigenvalue weighted by atomic mass is 31.2. The third kappa shape index (κ3) is 40.1. The number of unbranched alkanes of at least 4 members (excludes halogenated alkanes) is 3. The average Bonchev–Trinajstić information content (AvgIpc) is 0.832. The van der Waals surface area contributed by atoms with Crippen molar-refractivity contribution in [1.29, 1.82) is 0 Å². The largest absolute Gasteiger partial charge is 0.469 e. The molecule has 15 unspecified atom stereocenters. The Hall–Kier alpha value is -3.57. The van der Waals surface area contributed by atoms with Crippen LogP contribution in [0.4, 0.5) is 0 Å². The van der Waals surface area contributed by atoms with E-state index in [1.165, 1.54) is 0 Å². The van der Waals surface area contributed by atoms with E-state index in [1.54, 1.807) is 0 Å². The van der Waals surface area contributed by atoms with Crippen molar-refractivity contribution in [3.05, 3.63) is 0 Å². The van der Waals surface area contributed by atoms with Crippen LogP contribution >= 0.6 is 23.5 Å². The molecule has 3 rings (SSSR count). The normalized spacial score (nSPS) is 26.1. The van der Waals surface area contributed by atoms with Crippen molar-refractivity contribution < 1.29 is 174 Å². The van der Waals surface area contributed by atoms with Crippen LogP contribution in [0.2, 0.25) is 0 Å². The maximum atomic E-state index is 12.6. The van der Waals surface area contributed by atoms with Gasteiger partial charge in [-0.15, -0.1) is 0 Å². The minimum Gasteiger partial charge on any atom is -0.387 e. The Balaban J connectivity index is 1.31. The number of carbonyl (C=O) groups is 6. The molecule has 100 heavy (non-hydrogen) atoms. The lowest BCUT2D eigenvalue weighted by molar-refractivity contribution is -0.300. The van der Waals surface area contributed by atoms with Crippen LogP contribution in [-0.2, 0) is 98.7 Å². The van der Waals surface area contributed by atoms with Gasteiger partial charge in [-0.25, -0.2) is 13.7 Å². The lowest BCUT2D eigenvalue weighted by Gasteiger charge is -2.40. The molecule has 3 saturated heterocycles. The molecule has 42 nitrogen and oxygen atoms in total. The molecule has 0 aromatic rings. The van der Waals surface area contributed by atoms with E-state index in [0.717, 1.165) is 0 Å². The topological polar surface area (TPSA) is 640 Å². The van der Waals surface area contributed by atoms with Crippen LogP contribution in [0.15, 0.2) is 0 Å². The quantitative estimate of drug-likeness (QED) is 0.0199. The van der Waals surface area contributed by atoms with Gasteiger partial charge < -0.3 is 150 Å². The monoisotopic (exact) mass is 1520 g/mol. The maximum Gasteiger partial charge on any atom is 0.469 e. The van der Waals surface area contributed by atoms with Gasteiger partial charge in [-0.05, 0) is 57.8 Å². The Morgan fingerprint density at radius 3 is 0.770 bits per heavy atom. The summed E-state index contributed by atoms with van der Waals surface area (Å²) < 4.78 is 95.6. The number of carbonyl (C=O) groups excluding carboxylic acids is 6. The standard InChI is InChI=1S/C55H103N6O36P3/c62-38(10-1-4-22-89-53-50(74)47(71)44(68)35(95-53)31-92-98(77,78)79)56-16-7-19-59-41(65)13-25-86-28-34(29-87-26-14-42(66)60-20-8-17-57-39(63)11-2-5-23-90-54-51(75)48(72)45(69)36(96-54)32-93-99(80,81)82)30-88-27-15-43(67)61-21-9-18-58-40(64)12-3-6-24-91-55-52(76)49(73)46(70)37(97-55)33-94-100(83,84)85/h34-37,44-55,68-76H,1-33H2,(H,56,62)(H,57,63)(H,58,64)(H,59,65)(H,60,66)(H,61,67)(H2,77,78,79)(H2,80,81,82)(H2,83,84,85). The lowest BCUT2D eigenvalue weighted by Crippen LogP contribution is -2.59. The highest BCUT2D eigenvalue weighted by Gasteiger charge is 2.47. The van der Waals surface area contributed by atoms with Crippen LogP contribution in [0.25, 0.3) is 0 Å². The van der Waals surface area contributed by atoms with Crippen LogP contribution in [-0.4, -0.2) is 321 Å². The Morgan fingerprint density at radius 1 is 0.310 bits per heavy atom. The van der Waals surface area contributed by atoms with Gasteiger partial charge in [-0.1, -0.05) is 0 Å². The van der Waals surface area contributed by atoms with Crippen LogP contribution in [0.1, 0.15) is 96.3 Å². The zero-order chi connectivity index (χ0) is 74.3. The van der Waals surface area contributed by atoms with Gasteiger partial charge in [0.15, 0.2) is 18.9 Å². The van der Waals surface area contributed by atoms with E-state index in [1.807, 2.05) is 0 Å². The van der Waals surface area contributed by atoms with E-state index in [2.05, 4.69) is 45.5 Å². The summed E-state index contributed by atoms with van der Waals surface area (Å²) in [5.41, 5.74) is 0. The molecule has 0 spiro atoms. The second kappa shape index (κ2) is 49.3. The van der Waals surface area contributed by atoms with Gasteiger partial charge in [0, 0.05) is 104 Å². The van der Waals surface area contributed by atoms with Gasteiger partial charge in [0.1, 0.15) is 73.2 Å². The number of aliphatic hydroxyl groups excluding tert-OH is 9. The molecule has 0 saturated carbocycles. The summed E-state index contributed by atoms with van der Waals surface area (Å²) in [6, 6.07) is 0. The molecule has 3 heterocycles. The molecule has 3 fully saturated rings. The van der Waals surface area contributed by atoms with Gasteiger partial charge in [-0.2, -0.15) is 0 Å². The van der Waals surface area contributed by atoms with Gasteiger partial charge in [0.05, 0.1) is 59.5 Å². The summed E-state index contributed by atoms with van der Waals surface area (Å²) in [6.45, 7) is -0.769. The van der Waals surface area contributed by atoms with Gasteiger partial charge in [0.25, 0.3) is 0 Å². The van der Waals surface area contributed by atoms with Crippen LogP contribution in [0.5, 0.6) is 0 Å². The first-order chi connectivity index (χ1) is 47.2. The van der Waals surface area contributed by atoms with Crippen molar-refractivity contribution in [3.63, 3.8) is 0 Å². The van der Waals surface area contributed by atoms with E-state index in [9.17, 15) is 88.4 Å². The Labute approximate surface area is 576 Å². The minimum absolute atomic E-state index is 0.0134. The molecule has 0 radical (unpaired) electrons. The average molecular weight is 1520 g/mol. The van der Waals surface area contributed by atoms with Gasteiger partial charge in [0.2, 0.25) is 35.4 Å². The summed E-state index contributed by atoms with van der Waals surface area (Å²) in [5, 5.41) is 108. The molecule has 0 aromatic carbocycles. The van der Waals surface area contributed by atoms with Crippen molar-refractivity contribution in [2.45, 2.75) is 188 Å². The number of hydrogen-bond donors (Lipinski definition) is 21. The van der Waals surface area contributed by atoms with Crippen LogP contribution < -0.4 is 31.9 Å². The number of ether oxygens (including phenoxy) is 9. The maximum absolute atomic E-state index is 12.6. The number of phosphoric acid groups is 3. The predicted molar refractivity (Wildman–Crippen MR) is 335 cm³/mol. The molecule has 584 valence electrons. The molecule has 6 amide bonds. The SMILES string of the molecule is O=C(CCCCOC1OC(COP(=O)(O)O)C(O)C(O)C1O)NCCCNC(=O)CCOCC(COCCC(=O)NCCCNC(=O)CCCCOC1OC(COP(=O)(O)O)C(O)C(O)C1O)COCCC(=O)NCCCNC(=O)CCCCOC1OC(COP(=O)(O)O)C(O)C(O)C1O. The number of rotatable bonds is 54. The Kier molecular flexibility index (Phi) is 44.7. The molecule has 0 aliphatic carbocycles. The first-order valence-corrected chi connectivity index (χ1v) is 37.2. The molecule has 21 N–H and O–H groups in total. The van der Waals surface area contributed by atoms with E-state index >= 15 is 0 Å². The van der Waals surface area contributed by atoms with Crippen LogP contribution in [0, 0.1) is 5.92 Å². The number of amides is 6. The third-order valence-corrected chi connectivity index (χ3v) is 16.4. The zero-order valence-electron chi connectivity index (χ0n) is 55.2. The van der Waals surface area contributed by atoms with Crippen molar-refractivity contribution in [1.82, 2.24) is 31.9 Å². The molecule has 45 heteroatoms. The van der Waals surface area contributed by atoms with Crippen molar-refractivity contribution >= 4 is 58.9 Å². The molecule has 0 bridgehead atoms. The molecule has 0 aromatic heterocycles. The smallest absolute Gasteiger partial charge is 0.387 e. The second-order valence-electron chi connectivity index (χ2n) is 23.4. The number of nitrogens with one attached hydrogen (secondary N) is 6. The molecular formula is C55H103N6O36P3. The molecular weight excluding hydrogens is 1410 g/mol. The van der Waals surface area contributed by atoms with Gasteiger partial charge in [-0.3, -0.25) is 42.3 Å². The Bertz CT molecular complexity index is 2250. The highest BCUT2D eigenvalue weighted by molar-refractivity contribution is 7.46. The summed E-state index contributed by atoms with van der Waals surface area (Å²) in [5.74, 6) is -2.23. The fourth-order valence-electron chi connectivity index (χ4n) is 9.40. The van der Waals surface area contributed by atoms with E-state index < -0.39 is 141 Å². The lowest BCUT2D eigenvalue weighted by atomic mass is 9.99. The third-order valence-electron chi connectivity index (χ3n) is 14.9. The highest BCUT2D eigenvalue weighted by Crippen LogP contribution is 2.39. The number of phosphoric ester groups is 3. The van der Waals surface area contributed by atoms with Gasteiger partial charge >= 0.3 is 23.5 Å². The first-order valence-electron chi connectivity index (χ1n) is 32.6. The van der Waals surface area contributed by atoms with E-state index in [-0.39, 0.29) is 173 Å². The van der Waals surface area contributed by atoms with E-state index in [0.29, 0.717) is 57.8 Å². The van der Waals surface area contributed by atoms with Crippen molar-refractivity contribution in [3.8, 4) is 0 Å². The zero-order valence-corrected chi connectivity index (χ0v) is 57.9. The first kappa shape index (κ1) is 90.6. The fraction of sp³-hybridized carbons (Fsp3) is 0.891. The number of aliphatic hydroxyl groups is 9.